The van der Waals surface area contributed by atoms with E-state index < -0.39 is 0 Å². The van der Waals surface area contributed by atoms with E-state index in [4.69, 9.17) is 0 Å². The monoisotopic (exact) mass is 403 g/mol. The molecular formula is C20H21N9O. The minimum absolute atomic E-state index is 0.112. The second kappa shape index (κ2) is 7.21. The van der Waals surface area contributed by atoms with Crippen molar-refractivity contribution in [3.63, 3.8) is 0 Å². The molecule has 0 spiro atoms. The van der Waals surface area contributed by atoms with E-state index in [1.165, 1.54) is 4.68 Å². The Morgan fingerprint density at radius 3 is 2.63 bits per heavy atom. The fourth-order valence-corrected chi connectivity index (χ4v) is 3.67. The van der Waals surface area contributed by atoms with Gasteiger partial charge in [0.2, 0.25) is 0 Å². The normalized spacial score (nSPS) is 14.1. The predicted octanol–water partition coefficient (Wildman–Crippen LogP) is 1.16. The maximum atomic E-state index is 12.3. The Balaban J connectivity index is 1.29. The second-order valence-electron chi connectivity index (χ2n) is 7.51. The first kappa shape index (κ1) is 18.2. The number of rotatable bonds is 5. The van der Waals surface area contributed by atoms with Gasteiger partial charge in [0.1, 0.15) is 5.82 Å². The molecule has 10 nitrogen and oxygen atoms in total. The van der Waals surface area contributed by atoms with Crippen LogP contribution in [0.15, 0.2) is 53.8 Å². The highest BCUT2D eigenvalue weighted by atomic mass is 16.1. The van der Waals surface area contributed by atoms with Crippen molar-refractivity contribution in [1.82, 2.24) is 39.3 Å². The van der Waals surface area contributed by atoms with E-state index in [9.17, 15) is 4.79 Å². The van der Waals surface area contributed by atoms with Crippen LogP contribution >= 0.6 is 0 Å². The lowest BCUT2D eigenvalue weighted by molar-refractivity contribution is 0.331. The average molecular weight is 403 g/mol. The first-order valence-electron chi connectivity index (χ1n) is 9.75. The van der Waals surface area contributed by atoms with Gasteiger partial charge in [-0.25, -0.2) is 19.0 Å². The van der Waals surface area contributed by atoms with Crippen molar-refractivity contribution in [1.29, 1.82) is 0 Å². The highest BCUT2D eigenvalue weighted by molar-refractivity contribution is 5.42. The van der Waals surface area contributed by atoms with Crippen molar-refractivity contribution in [3.05, 3.63) is 70.8 Å². The van der Waals surface area contributed by atoms with Crippen LogP contribution in [-0.2, 0) is 6.54 Å². The summed E-state index contributed by atoms with van der Waals surface area (Å²) < 4.78 is 4.97. The number of nitrogens with zero attached hydrogens (tertiary/aromatic N) is 9. The van der Waals surface area contributed by atoms with Crippen LogP contribution in [0.2, 0.25) is 0 Å². The zero-order chi connectivity index (χ0) is 20.7. The van der Waals surface area contributed by atoms with E-state index in [0.29, 0.717) is 24.1 Å². The highest BCUT2D eigenvalue weighted by Gasteiger charge is 2.29. The molecule has 0 unspecified atom stereocenters. The fourth-order valence-electron chi connectivity index (χ4n) is 3.67. The van der Waals surface area contributed by atoms with Crippen molar-refractivity contribution in [2.45, 2.75) is 20.4 Å². The lowest BCUT2D eigenvalue weighted by Crippen LogP contribution is -2.50. The Labute approximate surface area is 172 Å². The zero-order valence-corrected chi connectivity index (χ0v) is 16.8. The summed E-state index contributed by atoms with van der Waals surface area (Å²) in [7, 11) is 0. The van der Waals surface area contributed by atoms with Crippen molar-refractivity contribution in [2.24, 2.45) is 5.92 Å². The summed E-state index contributed by atoms with van der Waals surface area (Å²) in [6.45, 7) is 6.03. The molecular weight excluding hydrogens is 382 g/mol. The number of aryl methyl sites for hydroxylation is 2. The SMILES string of the molecule is Cc1cc(C)n(-c2ccc(=O)n(CC3CN(c4cncc(-n5cccn5)n4)C3)n2)n1. The molecule has 0 radical (unpaired) electrons. The van der Waals surface area contributed by atoms with Gasteiger partial charge in [0.15, 0.2) is 11.6 Å². The number of hydrogen-bond donors (Lipinski definition) is 0. The fraction of sp³-hybridized carbons (Fsp3) is 0.300. The van der Waals surface area contributed by atoms with Crippen LogP contribution in [0.25, 0.3) is 11.6 Å². The summed E-state index contributed by atoms with van der Waals surface area (Å²) in [5.74, 6) is 2.43. The summed E-state index contributed by atoms with van der Waals surface area (Å²) in [5.41, 5.74) is 1.79. The van der Waals surface area contributed by atoms with Gasteiger partial charge in [-0.05, 0) is 32.0 Å². The molecule has 1 fully saturated rings. The highest BCUT2D eigenvalue weighted by Crippen LogP contribution is 2.23. The van der Waals surface area contributed by atoms with Gasteiger partial charge in [0.25, 0.3) is 5.56 Å². The lowest BCUT2D eigenvalue weighted by atomic mass is 10.0. The summed E-state index contributed by atoms with van der Waals surface area (Å²) in [4.78, 5) is 23.4. The Bertz CT molecular complexity index is 1240. The minimum atomic E-state index is -0.112. The molecule has 0 aromatic carbocycles. The molecule has 1 aliphatic heterocycles. The molecule has 5 heterocycles. The number of hydrogen-bond acceptors (Lipinski definition) is 7. The molecule has 152 valence electrons. The van der Waals surface area contributed by atoms with Gasteiger partial charge in [0.05, 0.1) is 24.6 Å². The van der Waals surface area contributed by atoms with Crippen LogP contribution in [0.5, 0.6) is 0 Å². The smallest absolute Gasteiger partial charge is 0.266 e. The van der Waals surface area contributed by atoms with E-state index in [-0.39, 0.29) is 5.56 Å². The first-order valence-corrected chi connectivity index (χ1v) is 9.75. The molecule has 1 saturated heterocycles. The number of aromatic nitrogens is 8. The summed E-state index contributed by atoms with van der Waals surface area (Å²) in [6.07, 6.45) is 6.97. The van der Waals surface area contributed by atoms with Crippen molar-refractivity contribution in [3.8, 4) is 11.6 Å². The molecule has 0 N–H and O–H groups in total. The van der Waals surface area contributed by atoms with Crippen LogP contribution in [0, 0.1) is 19.8 Å². The third-order valence-electron chi connectivity index (χ3n) is 5.14. The van der Waals surface area contributed by atoms with E-state index >= 15 is 0 Å². The van der Waals surface area contributed by atoms with Crippen LogP contribution in [0.1, 0.15) is 11.4 Å². The third kappa shape index (κ3) is 3.36. The molecule has 5 rings (SSSR count). The molecule has 0 saturated carbocycles. The van der Waals surface area contributed by atoms with Crippen LogP contribution in [0.3, 0.4) is 0 Å². The van der Waals surface area contributed by atoms with Gasteiger partial charge < -0.3 is 4.90 Å². The van der Waals surface area contributed by atoms with Gasteiger partial charge in [0, 0.05) is 43.2 Å². The molecule has 1 aliphatic rings. The average Bonchev–Trinajstić information content (AvgIpc) is 3.35. The molecule has 4 aromatic rings. The quantitative estimate of drug-likeness (QED) is 0.493. The van der Waals surface area contributed by atoms with E-state index in [1.807, 2.05) is 32.2 Å². The van der Waals surface area contributed by atoms with Gasteiger partial charge >= 0.3 is 0 Å². The summed E-state index contributed by atoms with van der Waals surface area (Å²) in [6, 6.07) is 7.09. The van der Waals surface area contributed by atoms with Gasteiger partial charge in [-0.2, -0.15) is 10.2 Å². The molecule has 0 atom stereocenters. The van der Waals surface area contributed by atoms with Crippen molar-refractivity contribution < 1.29 is 0 Å². The molecule has 0 bridgehead atoms. The molecule has 30 heavy (non-hydrogen) atoms. The maximum absolute atomic E-state index is 12.3. The standard InChI is InChI=1S/C20H21N9O/c1-14-8-15(2)29(24-14)17-4-5-20(30)28(25-17)13-16-11-26(12-16)18-9-21-10-19(23-18)27-7-3-6-22-27/h3-10,16H,11-13H2,1-2H3. The Morgan fingerprint density at radius 1 is 1.07 bits per heavy atom. The third-order valence-corrected chi connectivity index (χ3v) is 5.14. The van der Waals surface area contributed by atoms with Gasteiger partial charge in [-0.1, -0.05) is 0 Å². The van der Waals surface area contributed by atoms with Gasteiger partial charge in [-0.3, -0.25) is 9.78 Å². The molecule has 0 amide bonds. The van der Waals surface area contributed by atoms with E-state index in [1.54, 1.807) is 40.1 Å². The van der Waals surface area contributed by atoms with Crippen molar-refractivity contribution in [2.75, 3.05) is 18.0 Å². The van der Waals surface area contributed by atoms with Crippen LogP contribution in [-0.4, -0.2) is 52.4 Å². The number of anilines is 1. The Hall–Kier alpha value is -3.82. The Morgan fingerprint density at radius 2 is 1.90 bits per heavy atom. The summed E-state index contributed by atoms with van der Waals surface area (Å²) in [5, 5.41) is 13.2. The van der Waals surface area contributed by atoms with E-state index in [0.717, 1.165) is 30.3 Å². The molecule has 10 heteroatoms. The molecule has 4 aromatic heterocycles. The first-order chi connectivity index (χ1) is 14.6. The molecule has 0 aliphatic carbocycles. The van der Waals surface area contributed by atoms with Crippen LogP contribution < -0.4 is 10.5 Å². The predicted molar refractivity (Wildman–Crippen MR) is 110 cm³/mol. The van der Waals surface area contributed by atoms with Gasteiger partial charge in [-0.15, -0.1) is 5.10 Å². The lowest BCUT2D eigenvalue weighted by Gasteiger charge is -2.39. The zero-order valence-electron chi connectivity index (χ0n) is 16.8. The topological polar surface area (TPSA) is 99.6 Å². The van der Waals surface area contributed by atoms with E-state index in [2.05, 4.69) is 30.2 Å². The second-order valence-corrected chi connectivity index (χ2v) is 7.51. The minimum Gasteiger partial charge on any atom is -0.354 e. The maximum Gasteiger partial charge on any atom is 0.266 e. The van der Waals surface area contributed by atoms with Crippen LogP contribution in [0.4, 0.5) is 5.82 Å². The largest absolute Gasteiger partial charge is 0.354 e. The summed E-state index contributed by atoms with van der Waals surface area (Å²) >= 11 is 0. The van der Waals surface area contributed by atoms with Crippen molar-refractivity contribution >= 4 is 5.82 Å². The Kier molecular flexibility index (Phi) is 4.38.